The lowest BCUT2D eigenvalue weighted by atomic mass is 9.95. The number of urea groups is 1. The largest absolute Gasteiger partial charge is 0.342 e. The Morgan fingerprint density at radius 1 is 0.968 bits per heavy atom. The molecule has 3 aromatic rings. The van der Waals surface area contributed by atoms with Crippen molar-refractivity contribution in [1.29, 1.82) is 0 Å². The third kappa shape index (κ3) is 4.10. The number of carbonyl (C=O) groups excluding carboxylic acids is 2. The van der Waals surface area contributed by atoms with Crippen molar-refractivity contribution in [2.75, 3.05) is 31.5 Å². The van der Waals surface area contributed by atoms with E-state index in [1.165, 1.54) is 0 Å². The van der Waals surface area contributed by atoms with Crippen molar-refractivity contribution in [2.24, 2.45) is 5.92 Å². The van der Waals surface area contributed by atoms with Gasteiger partial charge in [0.15, 0.2) is 5.65 Å². The smallest absolute Gasteiger partial charge is 0.321 e. The van der Waals surface area contributed by atoms with E-state index in [1.807, 2.05) is 47.4 Å². The molecule has 8 heteroatoms. The SMILES string of the molecule is O=C(Nc1ccccc1)N1CCC(C(=O)N2CCC(c3nc4ncccc4[nH]3)CC2)C1. The predicted molar refractivity (Wildman–Crippen MR) is 118 cm³/mol. The number of hydrogen-bond donors (Lipinski definition) is 2. The molecule has 0 aliphatic carbocycles. The zero-order valence-corrected chi connectivity index (χ0v) is 17.3. The van der Waals surface area contributed by atoms with E-state index in [2.05, 4.69) is 20.3 Å². The maximum absolute atomic E-state index is 13.0. The lowest BCUT2D eigenvalue weighted by molar-refractivity contribution is -0.136. The molecule has 0 bridgehead atoms. The molecule has 8 nitrogen and oxygen atoms in total. The van der Waals surface area contributed by atoms with Gasteiger partial charge in [-0.3, -0.25) is 4.79 Å². The Morgan fingerprint density at radius 3 is 2.52 bits per heavy atom. The number of pyridine rings is 1. The molecule has 2 aliphatic heterocycles. The summed E-state index contributed by atoms with van der Waals surface area (Å²) >= 11 is 0. The molecule has 1 unspecified atom stereocenters. The van der Waals surface area contributed by atoms with E-state index in [9.17, 15) is 9.59 Å². The van der Waals surface area contributed by atoms with Crippen LogP contribution in [-0.2, 0) is 4.79 Å². The van der Waals surface area contributed by atoms with Gasteiger partial charge in [0.2, 0.25) is 5.91 Å². The van der Waals surface area contributed by atoms with Crippen LogP contribution in [0.15, 0.2) is 48.7 Å². The highest BCUT2D eigenvalue weighted by atomic mass is 16.2. The minimum atomic E-state index is -0.140. The predicted octanol–water partition coefficient (Wildman–Crippen LogP) is 3.22. The van der Waals surface area contributed by atoms with E-state index in [1.54, 1.807) is 11.1 Å². The Labute approximate surface area is 180 Å². The first-order chi connectivity index (χ1) is 15.2. The number of aromatic nitrogens is 3. The number of carbonyl (C=O) groups is 2. The molecular formula is C23H26N6O2. The van der Waals surface area contributed by atoms with Gasteiger partial charge in [0.05, 0.1) is 11.4 Å². The zero-order chi connectivity index (χ0) is 21.2. The molecule has 5 rings (SSSR count). The lowest BCUT2D eigenvalue weighted by Gasteiger charge is -2.32. The Morgan fingerprint density at radius 2 is 1.74 bits per heavy atom. The number of nitrogens with zero attached hydrogens (tertiary/aromatic N) is 4. The van der Waals surface area contributed by atoms with Gasteiger partial charge in [-0.2, -0.15) is 0 Å². The molecule has 0 spiro atoms. The molecule has 1 atom stereocenters. The van der Waals surface area contributed by atoms with Crippen molar-refractivity contribution in [3.63, 3.8) is 0 Å². The summed E-state index contributed by atoms with van der Waals surface area (Å²) in [6.45, 7) is 2.53. The Hall–Kier alpha value is -3.42. The first-order valence-corrected chi connectivity index (χ1v) is 10.9. The van der Waals surface area contributed by atoms with Crippen LogP contribution in [0.4, 0.5) is 10.5 Å². The topological polar surface area (TPSA) is 94.2 Å². The summed E-state index contributed by atoms with van der Waals surface area (Å²) in [6.07, 6.45) is 4.24. The quantitative estimate of drug-likeness (QED) is 0.683. The Kier molecular flexibility index (Phi) is 5.28. The fourth-order valence-electron chi connectivity index (χ4n) is 4.56. The normalized spacial score (nSPS) is 19.7. The summed E-state index contributed by atoms with van der Waals surface area (Å²) < 4.78 is 0. The minimum absolute atomic E-state index is 0.117. The zero-order valence-electron chi connectivity index (χ0n) is 17.3. The van der Waals surface area contributed by atoms with Crippen LogP contribution in [0.25, 0.3) is 11.2 Å². The summed E-state index contributed by atoms with van der Waals surface area (Å²) in [5, 5.41) is 2.90. The first kappa shape index (κ1) is 19.5. The van der Waals surface area contributed by atoms with E-state index in [-0.39, 0.29) is 17.9 Å². The summed E-state index contributed by atoms with van der Waals surface area (Å²) in [4.78, 5) is 41.5. The van der Waals surface area contributed by atoms with Crippen LogP contribution in [0, 0.1) is 5.92 Å². The van der Waals surface area contributed by atoms with Crippen molar-refractivity contribution in [3.05, 3.63) is 54.5 Å². The molecule has 1 aromatic carbocycles. The van der Waals surface area contributed by atoms with Gasteiger partial charge >= 0.3 is 6.03 Å². The molecule has 2 N–H and O–H groups in total. The highest BCUT2D eigenvalue weighted by Gasteiger charge is 2.35. The van der Waals surface area contributed by atoms with Gasteiger partial charge in [-0.1, -0.05) is 18.2 Å². The Balaban J connectivity index is 1.14. The average molecular weight is 419 g/mol. The van der Waals surface area contributed by atoms with Gasteiger partial charge in [-0.15, -0.1) is 0 Å². The van der Waals surface area contributed by atoms with Crippen molar-refractivity contribution >= 4 is 28.8 Å². The average Bonchev–Trinajstić information content (AvgIpc) is 3.47. The summed E-state index contributed by atoms with van der Waals surface area (Å²) in [7, 11) is 0. The highest BCUT2D eigenvalue weighted by molar-refractivity contribution is 5.90. The Bertz CT molecular complexity index is 1040. The van der Waals surface area contributed by atoms with E-state index in [0.29, 0.717) is 19.0 Å². The van der Waals surface area contributed by atoms with Gasteiger partial charge in [-0.05, 0) is 43.5 Å². The number of benzene rings is 1. The number of piperidine rings is 1. The van der Waals surface area contributed by atoms with Gasteiger partial charge in [0.1, 0.15) is 5.82 Å². The number of anilines is 1. The van der Waals surface area contributed by atoms with Crippen molar-refractivity contribution < 1.29 is 9.59 Å². The van der Waals surface area contributed by atoms with Crippen LogP contribution < -0.4 is 5.32 Å². The number of rotatable bonds is 3. The molecule has 2 aliphatic rings. The maximum Gasteiger partial charge on any atom is 0.321 e. The molecule has 2 saturated heterocycles. The molecule has 160 valence electrons. The summed E-state index contributed by atoms with van der Waals surface area (Å²) in [5.74, 6) is 1.33. The van der Waals surface area contributed by atoms with Crippen molar-refractivity contribution in [1.82, 2.24) is 24.8 Å². The monoisotopic (exact) mass is 418 g/mol. The van der Waals surface area contributed by atoms with E-state index in [4.69, 9.17) is 0 Å². The molecule has 3 amide bonds. The van der Waals surface area contributed by atoms with Crippen LogP contribution in [0.5, 0.6) is 0 Å². The third-order valence-electron chi connectivity index (χ3n) is 6.32. The number of amides is 3. The minimum Gasteiger partial charge on any atom is -0.342 e. The number of H-pyrrole nitrogens is 1. The van der Waals surface area contributed by atoms with E-state index < -0.39 is 0 Å². The van der Waals surface area contributed by atoms with Crippen LogP contribution in [0.2, 0.25) is 0 Å². The summed E-state index contributed by atoms with van der Waals surface area (Å²) in [5.41, 5.74) is 2.47. The van der Waals surface area contributed by atoms with Crippen LogP contribution in [-0.4, -0.2) is 62.9 Å². The first-order valence-electron chi connectivity index (χ1n) is 10.9. The number of imidazole rings is 1. The van der Waals surface area contributed by atoms with Crippen molar-refractivity contribution in [2.45, 2.75) is 25.2 Å². The molecule has 2 fully saturated rings. The van der Waals surface area contributed by atoms with Gasteiger partial charge < -0.3 is 20.1 Å². The number of likely N-dealkylation sites (tertiary alicyclic amines) is 2. The fourth-order valence-corrected chi connectivity index (χ4v) is 4.56. The summed E-state index contributed by atoms with van der Waals surface area (Å²) in [6, 6.07) is 13.1. The second-order valence-corrected chi connectivity index (χ2v) is 8.32. The highest BCUT2D eigenvalue weighted by Crippen LogP contribution is 2.29. The van der Waals surface area contributed by atoms with Gasteiger partial charge in [0, 0.05) is 44.0 Å². The number of para-hydroxylation sites is 1. The standard InChI is InChI=1S/C23H26N6O2/c30-22(17-10-14-29(15-17)23(31)25-18-5-2-1-3-6-18)28-12-8-16(9-13-28)20-26-19-7-4-11-24-21(19)27-20/h1-7,11,16-17H,8-10,12-15H2,(H,25,31)(H,24,26,27). The number of hydrogen-bond acceptors (Lipinski definition) is 4. The maximum atomic E-state index is 13.0. The second kappa shape index (κ2) is 8.37. The second-order valence-electron chi connectivity index (χ2n) is 8.32. The van der Waals surface area contributed by atoms with Gasteiger partial charge in [0.25, 0.3) is 0 Å². The van der Waals surface area contributed by atoms with Crippen LogP contribution >= 0.6 is 0 Å². The molecular weight excluding hydrogens is 392 g/mol. The van der Waals surface area contributed by atoms with Crippen LogP contribution in [0.3, 0.4) is 0 Å². The third-order valence-corrected chi connectivity index (χ3v) is 6.32. The van der Waals surface area contributed by atoms with Crippen LogP contribution in [0.1, 0.15) is 31.0 Å². The lowest BCUT2D eigenvalue weighted by Crippen LogP contribution is -2.42. The molecule has 31 heavy (non-hydrogen) atoms. The number of aromatic amines is 1. The van der Waals surface area contributed by atoms with E-state index in [0.717, 1.165) is 55.0 Å². The molecule has 0 saturated carbocycles. The number of nitrogens with one attached hydrogen (secondary N) is 2. The molecule has 2 aromatic heterocycles. The fraction of sp³-hybridized carbons (Fsp3) is 0.391. The molecule has 0 radical (unpaired) electrons. The number of fused-ring (bicyclic) bond motifs is 1. The van der Waals surface area contributed by atoms with Gasteiger partial charge in [-0.25, -0.2) is 14.8 Å². The van der Waals surface area contributed by atoms with E-state index >= 15 is 0 Å². The van der Waals surface area contributed by atoms with Crippen molar-refractivity contribution in [3.8, 4) is 0 Å². The molecule has 4 heterocycles.